The van der Waals surface area contributed by atoms with E-state index in [4.69, 9.17) is 5.26 Å². The predicted molar refractivity (Wildman–Crippen MR) is 52.2 cm³/mol. The van der Waals surface area contributed by atoms with Crippen LogP contribution in [0.3, 0.4) is 0 Å². The number of benzene rings is 1. The monoisotopic (exact) mass is 204 g/mol. The van der Waals surface area contributed by atoms with Crippen LogP contribution < -0.4 is 0 Å². The van der Waals surface area contributed by atoms with Crippen molar-refractivity contribution in [3.05, 3.63) is 40.5 Å². The molecular formula is C10H5FN2S. The Bertz CT molecular complexity index is 499. The molecule has 0 radical (unpaired) electrons. The van der Waals surface area contributed by atoms with Crippen molar-refractivity contribution < 1.29 is 4.39 Å². The average Bonchev–Trinajstić information content (AvgIpc) is 2.66. The van der Waals surface area contributed by atoms with E-state index in [1.165, 1.54) is 17.4 Å². The van der Waals surface area contributed by atoms with Gasteiger partial charge in [0, 0.05) is 5.56 Å². The van der Waals surface area contributed by atoms with E-state index in [-0.39, 0.29) is 5.82 Å². The molecule has 1 aromatic carbocycles. The summed E-state index contributed by atoms with van der Waals surface area (Å²) in [6.07, 6.45) is 0. The van der Waals surface area contributed by atoms with Gasteiger partial charge in [-0.2, -0.15) is 5.26 Å². The molecular weight excluding hydrogens is 199 g/mol. The van der Waals surface area contributed by atoms with Crippen molar-refractivity contribution in [1.29, 1.82) is 5.26 Å². The van der Waals surface area contributed by atoms with Crippen LogP contribution in [0.15, 0.2) is 29.8 Å². The second-order valence-electron chi connectivity index (χ2n) is 2.62. The van der Waals surface area contributed by atoms with Crippen molar-refractivity contribution in [3.8, 4) is 17.3 Å². The predicted octanol–water partition coefficient (Wildman–Crippen LogP) is 2.82. The van der Waals surface area contributed by atoms with Crippen molar-refractivity contribution in [2.45, 2.75) is 0 Å². The minimum absolute atomic E-state index is 0.352. The topological polar surface area (TPSA) is 36.7 Å². The third-order valence-electron chi connectivity index (χ3n) is 1.80. The summed E-state index contributed by atoms with van der Waals surface area (Å²) in [5, 5.41) is 8.76. The van der Waals surface area contributed by atoms with E-state index in [9.17, 15) is 4.39 Å². The summed E-state index contributed by atoms with van der Waals surface area (Å²) in [6, 6.07) is 8.29. The maximum Gasteiger partial charge on any atom is 0.132 e. The number of aromatic nitrogens is 1. The van der Waals surface area contributed by atoms with Gasteiger partial charge in [0.15, 0.2) is 0 Å². The van der Waals surface area contributed by atoms with E-state index in [0.717, 1.165) is 0 Å². The first kappa shape index (κ1) is 8.85. The van der Waals surface area contributed by atoms with Crippen LogP contribution >= 0.6 is 11.3 Å². The number of nitrogens with zero attached hydrogens (tertiary/aromatic N) is 2. The van der Waals surface area contributed by atoms with E-state index in [0.29, 0.717) is 16.1 Å². The zero-order valence-electron chi connectivity index (χ0n) is 7.07. The number of nitriles is 1. The summed E-state index contributed by atoms with van der Waals surface area (Å²) in [4.78, 5) is 4.41. The summed E-state index contributed by atoms with van der Waals surface area (Å²) in [5.41, 5.74) is 2.35. The highest BCUT2D eigenvalue weighted by molar-refractivity contribution is 7.10. The molecule has 1 heterocycles. The van der Waals surface area contributed by atoms with Crippen LogP contribution in [0.4, 0.5) is 4.39 Å². The minimum Gasteiger partial charge on any atom is -0.243 e. The van der Waals surface area contributed by atoms with Crippen LogP contribution in [-0.2, 0) is 0 Å². The first-order valence-electron chi connectivity index (χ1n) is 3.91. The lowest BCUT2D eigenvalue weighted by Crippen LogP contribution is -1.85. The van der Waals surface area contributed by atoms with Gasteiger partial charge in [-0.3, -0.25) is 0 Å². The number of rotatable bonds is 1. The Kier molecular flexibility index (Phi) is 2.25. The number of hydrogen-bond acceptors (Lipinski definition) is 3. The first-order chi connectivity index (χ1) is 6.83. The molecule has 0 atom stereocenters. The second-order valence-corrected chi connectivity index (χ2v) is 3.48. The molecule has 0 saturated carbocycles. The van der Waals surface area contributed by atoms with Crippen molar-refractivity contribution in [2.75, 3.05) is 0 Å². The van der Waals surface area contributed by atoms with Gasteiger partial charge in [0.05, 0.1) is 5.51 Å². The Morgan fingerprint density at radius 2 is 2.14 bits per heavy atom. The van der Waals surface area contributed by atoms with Gasteiger partial charge in [0.25, 0.3) is 0 Å². The van der Waals surface area contributed by atoms with Crippen molar-refractivity contribution in [2.24, 2.45) is 0 Å². The lowest BCUT2D eigenvalue weighted by molar-refractivity contribution is 0.631. The number of hydrogen-bond donors (Lipinski definition) is 0. The molecule has 0 aliphatic heterocycles. The summed E-state index contributed by atoms with van der Waals surface area (Å²) in [5.74, 6) is -0.352. The molecule has 14 heavy (non-hydrogen) atoms. The quantitative estimate of drug-likeness (QED) is 0.716. The zero-order chi connectivity index (χ0) is 9.97. The van der Waals surface area contributed by atoms with E-state index >= 15 is 0 Å². The van der Waals surface area contributed by atoms with Gasteiger partial charge in [0.2, 0.25) is 0 Å². The molecule has 2 nitrogen and oxygen atoms in total. The SMILES string of the molecule is N#Cc1scnc1-c1ccccc1F. The van der Waals surface area contributed by atoms with Gasteiger partial charge < -0.3 is 0 Å². The Balaban J connectivity index is 2.62. The van der Waals surface area contributed by atoms with Crippen LogP contribution in [0.1, 0.15) is 4.88 Å². The van der Waals surface area contributed by atoms with Gasteiger partial charge in [-0.15, -0.1) is 11.3 Å². The highest BCUT2D eigenvalue weighted by Gasteiger charge is 2.11. The largest absolute Gasteiger partial charge is 0.243 e. The molecule has 68 valence electrons. The molecule has 0 aliphatic carbocycles. The normalized spacial score (nSPS) is 9.71. The fourth-order valence-corrected chi connectivity index (χ4v) is 1.76. The standard InChI is InChI=1S/C10H5FN2S/c11-8-4-2-1-3-7(8)10-9(5-12)14-6-13-10/h1-4,6H. The van der Waals surface area contributed by atoms with Gasteiger partial charge >= 0.3 is 0 Å². The number of thiazole rings is 1. The Morgan fingerprint density at radius 1 is 1.36 bits per heavy atom. The fraction of sp³-hybridized carbons (Fsp3) is 0. The van der Waals surface area contributed by atoms with Crippen LogP contribution in [0.2, 0.25) is 0 Å². The third kappa shape index (κ3) is 1.38. The van der Waals surface area contributed by atoms with Crippen molar-refractivity contribution >= 4 is 11.3 Å². The third-order valence-corrected chi connectivity index (χ3v) is 2.53. The molecule has 2 rings (SSSR count). The molecule has 0 spiro atoms. The summed E-state index contributed by atoms with van der Waals surface area (Å²) in [6.45, 7) is 0. The lowest BCUT2D eigenvalue weighted by Gasteiger charge is -1.98. The molecule has 0 fully saturated rings. The van der Waals surface area contributed by atoms with E-state index in [1.807, 2.05) is 6.07 Å². The van der Waals surface area contributed by atoms with Gasteiger partial charge in [-0.25, -0.2) is 9.37 Å². The van der Waals surface area contributed by atoms with Crippen molar-refractivity contribution in [3.63, 3.8) is 0 Å². The summed E-state index contributed by atoms with van der Waals surface area (Å²) >= 11 is 1.21. The molecule has 0 bridgehead atoms. The summed E-state index contributed by atoms with van der Waals surface area (Å²) in [7, 11) is 0. The zero-order valence-corrected chi connectivity index (χ0v) is 7.88. The average molecular weight is 204 g/mol. The molecule has 4 heteroatoms. The van der Waals surface area contributed by atoms with E-state index < -0.39 is 0 Å². The van der Waals surface area contributed by atoms with E-state index in [2.05, 4.69) is 4.98 Å². The Morgan fingerprint density at radius 3 is 2.86 bits per heavy atom. The fourth-order valence-electron chi connectivity index (χ4n) is 1.17. The molecule has 0 saturated heterocycles. The van der Waals surface area contributed by atoms with E-state index in [1.54, 1.807) is 23.7 Å². The Hall–Kier alpha value is -1.73. The second kappa shape index (κ2) is 3.56. The summed E-state index contributed by atoms with van der Waals surface area (Å²) < 4.78 is 13.3. The minimum atomic E-state index is -0.352. The van der Waals surface area contributed by atoms with Gasteiger partial charge in [-0.1, -0.05) is 12.1 Å². The molecule has 1 aromatic heterocycles. The molecule has 0 unspecified atom stereocenters. The van der Waals surface area contributed by atoms with Crippen LogP contribution in [-0.4, -0.2) is 4.98 Å². The number of halogens is 1. The van der Waals surface area contributed by atoms with Crippen LogP contribution in [0.25, 0.3) is 11.3 Å². The van der Waals surface area contributed by atoms with Gasteiger partial charge in [-0.05, 0) is 12.1 Å². The van der Waals surface area contributed by atoms with Crippen molar-refractivity contribution in [1.82, 2.24) is 4.98 Å². The lowest BCUT2D eigenvalue weighted by atomic mass is 10.1. The maximum absolute atomic E-state index is 13.3. The maximum atomic E-state index is 13.3. The highest BCUT2D eigenvalue weighted by Crippen LogP contribution is 2.26. The molecule has 0 amide bonds. The smallest absolute Gasteiger partial charge is 0.132 e. The molecule has 2 aromatic rings. The highest BCUT2D eigenvalue weighted by atomic mass is 32.1. The van der Waals surface area contributed by atoms with Gasteiger partial charge in [0.1, 0.15) is 22.5 Å². The first-order valence-corrected chi connectivity index (χ1v) is 4.79. The van der Waals surface area contributed by atoms with Crippen LogP contribution in [0.5, 0.6) is 0 Å². The van der Waals surface area contributed by atoms with Crippen LogP contribution in [0, 0.1) is 17.1 Å². The molecule has 0 aliphatic rings. The molecule has 0 N–H and O–H groups in total. The Labute approximate surface area is 84.3 Å².